The normalized spacial score (nSPS) is 27.1. The molecule has 0 radical (unpaired) electrons. The predicted molar refractivity (Wildman–Crippen MR) is 74.8 cm³/mol. The third-order valence-corrected chi connectivity index (χ3v) is 4.51. The van der Waals surface area contributed by atoms with Crippen molar-refractivity contribution in [2.45, 2.75) is 12.3 Å². The average molecular weight is 267 g/mol. The quantitative estimate of drug-likeness (QED) is 0.846. The Labute approximate surface area is 113 Å². The summed E-state index contributed by atoms with van der Waals surface area (Å²) < 4.78 is 5.34. The Morgan fingerprint density at radius 1 is 1.44 bits per heavy atom. The van der Waals surface area contributed by atoms with Gasteiger partial charge in [0, 0.05) is 18.8 Å². The molecule has 2 atom stereocenters. The first-order valence-corrected chi connectivity index (χ1v) is 6.86. The van der Waals surface area contributed by atoms with Gasteiger partial charge in [0.2, 0.25) is 0 Å². The van der Waals surface area contributed by atoms with E-state index in [2.05, 4.69) is 23.3 Å². The molecule has 0 saturated carbocycles. The fourth-order valence-electron chi connectivity index (χ4n) is 3.26. The molecule has 0 aliphatic carbocycles. The summed E-state index contributed by atoms with van der Waals surface area (Å²) in [4.78, 5) is 2.42. The van der Waals surface area contributed by atoms with Gasteiger partial charge in [-0.2, -0.15) is 0 Å². The molecule has 0 bridgehead atoms. The van der Waals surface area contributed by atoms with Crippen molar-refractivity contribution in [3.05, 3.63) is 22.7 Å². The van der Waals surface area contributed by atoms with E-state index in [9.17, 15) is 0 Å². The molecule has 3 rings (SSSR count). The van der Waals surface area contributed by atoms with E-state index >= 15 is 0 Å². The molecule has 1 N–H and O–H groups in total. The Kier molecular flexibility index (Phi) is 3.12. The van der Waals surface area contributed by atoms with Crippen LogP contribution in [0.25, 0.3) is 0 Å². The number of hydrogen-bond donors (Lipinski definition) is 1. The molecule has 98 valence electrons. The third-order valence-electron chi connectivity index (χ3n) is 4.22. The number of rotatable bonds is 1. The molecule has 0 spiro atoms. The first kappa shape index (κ1) is 12.1. The molecular weight excluding hydrogens is 248 g/mol. The number of piperidine rings is 1. The van der Waals surface area contributed by atoms with E-state index in [1.54, 1.807) is 7.11 Å². The van der Waals surface area contributed by atoms with Crippen molar-refractivity contribution >= 4 is 17.3 Å². The van der Waals surface area contributed by atoms with Gasteiger partial charge >= 0.3 is 0 Å². The van der Waals surface area contributed by atoms with Gasteiger partial charge in [0.1, 0.15) is 5.75 Å². The van der Waals surface area contributed by atoms with Crippen LogP contribution in [0.5, 0.6) is 5.75 Å². The van der Waals surface area contributed by atoms with Gasteiger partial charge in [0.15, 0.2) is 0 Å². The van der Waals surface area contributed by atoms with Crippen molar-refractivity contribution in [1.29, 1.82) is 0 Å². The second kappa shape index (κ2) is 4.63. The van der Waals surface area contributed by atoms with Crippen LogP contribution in [-0.4, -0.2) is 38.7 Å². The number of nitrogens with one attached hydrogen (secondary N) is 1. The topological polar surface area (TPSA) is 24.5 Å². The number of ether oxygens (including phenoxy) is 1. The second-order valence-corrected chi connectivity index (χ2v) is 5.78. The monoisotopic (exact) mass is 266 g/mol. The molecule has 3 nitrogen and oxygen atoms in total. The van der Waals surface area contributed by atoms with E-state index in [1.165, 1.54) is 30.8 Å². The zero-order valence-corrected chi connectivity index (χ0v) is 11.6. The van der Waals surface area contributed by atoms with Gasteiger partial charge in [-0.3, -0.25) is 0 Å². The lowest BCUT2D eigenvalue weighted by Gasteiger charge is -2.41. The molecule has 4 heteroatoms. The SMILES string of the molecule is COc1cc2c(cc1Cl)NCC1CN(C)CCC21. The molecule has 1 aromatic rings. The number of benzene rings is 1. The molecule has 1 fully saturated rings. The fourth-order valence-corrected chi connectivity index (χ4v) is 3.50. The molecule has 2 aliphatic heterocycles. The van der Waals surface area contributed by atoms with E-state index in [4.69, 9.17) is 16.3 Å². The van der Waals surface area contributed by atoms with Crippen LogP contribution in [0.2, 0.25) is 5.02 Å². The van der Waals surface area contributed by atoms with Gasteiger partial charge in [-0.05, 0) is 49.5 Å². The zero-order chi connectivity index (χ0) is 12.7. The number of likely N-dealkylation sites (tertiary alicyclic amines) is 1. The minimum absolute atomic E-state index is 0.642. The molecule has 0 aromatic heterocycles. The first-order valence-electron chi connectivity index (χ1n) is 6.49. The summed E-state index contributed by atoms with van der Waals surface area (Å²) in [5.41, 5.74) is 2.56. The zero-order valence-electron chi connectivity index (χ0n) is 10.9. The molecule has 2 unspecified atom stereocenters. The Hall–Kier alpha value is -0.930. The maximum atomic E-state index is 6.19. The van der Waals surface area contributed by atoms with Gasteiger partial charge < -0.3 is 15.0 Å². The molecule has 1 aromatic carbocycles. The number of methoxy groups -OCH3 is 1. The number of nitrogens with zero attached hydrogens (tertiary/aromatic N) is 1. The molecular formula is C14H19ClN2O. The van der Waals surface area contributed by atoms with Crippen molar-refractivity contribution < 1.29 is 4.74 Å². The molecule has 18 heavy (non-hydrogen) atoms. The van der Waals surface area contributed by atoms with Crippen molar-refractivity contribution in [3.8, 4) is 5.75 Å². The lowest BCUT2D eigenvalue weighted by atomic mass is 9.77. The van der Waals surface area contributed by atoms with Gasteiger partial charge in [-0.25, -0.2) is 0 Å². The van der Waals surface area contributed by atoms with Crippen LogP contribution in [0.15, 0.2) is 12.1 Å². The van der Waals surface area contributed by atoms with Gasteiger partial charge in [0.05, 0.1) is 12.1 Å². The Morgan fingerprint density at radius 2 is 2.28 bits per heavy atom. The van der Waals surface area contributed by atoms with Crippen molar-refractivity contribution in [1.82, 2.24) is 4.90 Å². The summed E-state index contributed by atoms with van der Waals surface area (Å²) in [7, 11) is 3.88. The van der Waals surface area contributed by atoms with Crippen LogP contribution in [0.3, 0.4) is 0 Å². The smallest absolute Gasteiger partial charge is 0.137 e. The minimum Gasteiger partial charge on any atom is -0.495 e. The summed E-state index contributed by atoms with van der Waals surface area (Å²) in [6.45, 7) is 3.39. The largest absolute Gasteiger partial charge is 0.495 e. The van der Waals surface area contributed by atoms with Crippen LogP contribution < -0.4 is 10.1 Å². The van der Waals surface area contributed by atoms with Crippen LogP contribution in [0.4, 0.5) is 5.69 Å². The Balaban J connectivity index is 1.98. The molecule has 0 amide bonds. The van der Waals surface area contributed by atoms with E-state index in [0.717, 1.165) is 12.3 Å². The lowest BCUT2D eigenvalue weighted by molar-refractivity contribution is 0.187. The fraction of sp³-hybridized carbons (Fsp3) is 0.571. The highest BCUT2D eigenvalue weighted by molar-refractivity contribution is 6.32. The van der Waals surface area contributed by atoms with Gasteiger partial charge in [-0.15, -0.1) is 0 Å². The summed E-state index contributed by atoms with van der Waals surface area (Å²) in [5, 5.41) is 4.20. The number of halogens is 1. The standard InChI is InChI=1S/C14H19ClN2O/c1-17-4-3-10-9(8-17)7-16-13-6-12(15)14(18-2)5-11(10)13/h5-6,9-10,16H,3-4,7-8H2,1-2H3. The van der Waals surface area contributed by atoms with Crippen molar-refractivity contribution in [3.63, 3.8) is 0 Å². The summed E-state index contributed by atoms with van der Waals surface area (Å²) in [6, 6.07) is 4.12. The Morgan fingerprint density at radius 3 is 3.06 bits per heavy atom. The number of fused-ring (bicyclic) bond motifs is 3. The lowest BCUT2D eigenvalue weighted by Crippen LogP contribution is -2.42. The van der Waals surface area contributed by atoms with E-state index in [-0.39, 0.29) is 0 Å². The summed E-state index contributed by atoms with van der Waals surface area (Å²) >= 11 is 6.19. The van der Waals surface area contributed by atoms with E-state index in [1.807, 2.05) is 6.07 Å². The molecule has 2 aliphatic rings. The van der Waals surface area contributed by atoms with Gasteiger partial charge in [-0.1, -0.05) is 11.6 Å². The molecule has 1 saturated heterocycles. The maximum Gasteiger partial charge on any atom is 0.137 e. The highest BCUT2D eigenvalue weighted by Gasteiger charge is 2.34. The number of anilines is 1. The van der Waals surface area contributed by atoms with Crippen LogP contribution >= 0.6 is 11.6 Å². The van der Waals surface area contributed by atoms with Crippen LogP contribution in [0, 0.1) is 5.92 Å². The molecule has 2 heterocycles. The average Bonchev–Trinajstić information content (AvgIpc) is 2.37. The van der Waals surface area contributed by atoms with Crippen LogP contribution in [-0.2, 0) is 0 Å². The van der Waals surface area contributed by atoms with Crippen molar-refractivity contribution in [2.24, 2.45) is 5.92 Å². The third kappa shape index (κ3) is 1.95. The van der Waals surface area contributed by atoms with E-state index in [0.29, 0.717) is 16.9 Å². The van der Waals surface area contributed by atoms with E-state index < -0.39 is 0 Å². The predicted octanol–water partition coefficient (Wildman–Crippen LogP) is 2.81. The number of hydrogen-bond acceptors (Lipinski definition) is 3. The van der Waals surface area contributed by atoms with Crippen molar-refractivity contribution in [2.75, 3.05) is 39.1 Å². The highest BCUT2D eigenvalue weighted by Crippen LogP contribution is 2.43. The van der Waals surface area contributed by atoms with Gasteiger partial charge in [0.25, 0.3) is 0 Å². The maximum absolute atomic E-state index is 6.19. The highest BCUT2D eigenvalue weighted by atomic mass is 35.5. The first-order chi connectivity index (χ1) is 8.69. The summed E-state index contributed by atoms with van der Waals surface area (Å²) in [5.74, 6) is 2.13. The second-order valence-electron chi connectivity index (χ2n) is 5.37. The minimum atomic E-state index is 0.642. The Bertz CT molecular complexity index is 463. The van der Waals surface area contributed by atoms with Crippen LogP contribution in [0.1, 0.15) is 17.9 Å². The summed E-state index contributed by atoms with van der Waals surface area (Å²) in [6.07, 6.45) is 1.22.